The Morgan fingerprint density at radius 3 is 2.58 bits per heavy atom. The van der Waals surface area contributed by atoms with E-state index >= 15 is 0 Å². The number of hydrogen-bond acceptors (Lipinski definition) is 4. The SMILES string of the molecule is C=CCCCC(=N)N(C)C(=N)C1=C(C)NCO1.CC. The molecule has 5 heteroatoms. The minimum absolute atomic E-state index is 0.233. The lowest BCUT2D eigenvalue weighted by Gasteiger charge is -2.20. The van der Waals surface area contributed by atoms with Crippen LogP contribution in [0.5, 0.6) is 0 Å². The molecule has 1 rings (SSSR count). The third kappa shape index (κ3) is 5.16. The fraction of sp³-hybridized carbons (Fsp3) is 0.571. The van der Waals surface area contributed by atoms with Gasteiger partial charge in [-0.15, -0.1) is 6.58 Å². The van der Waals surface area contributed by atoms with Crippen molar-refractivity contribution >= 4 is 11.7 Å². The van der Waals surface area contributed by atoms with Gasteiger partial charge in [0.15, 0.2) is 18.3 Å². The van der Waals surface area contributed by atoms with Crippen LogP contribution in [0.25, 0.3) is 0 Å². The van der Waals surface area contributed by atoms with Crippen molar-refractivity contribution < 1.29 is 4.74 Å². The first-order valence-corrected chi connectivity index (χ1v) is 6.66. The van der Waals surface area contributed by atoms with Crippen LogP contribution in [0.15, 0.2) is 24.1 Å². The van der Waals surface area contributed by atoms with Gasteiger partial charge in [-0.1, -0.05) is 19.9 Å². The Morgan fingerprint density at radius 2 is 2.11 bits per heavy atom. The van der Waals surface area contributed by atoms with Crippen LogP contribution in [0, 0.1) is 10.8 Å². The van der Waals surface area contributed by atoms with Gasteiger partial charge in [0.2, 0.25) is 0 Å². The van der Waals surface area contributed by atoms with Gasteiger partial charge >= 0.3 is 0 Å². The van der Waals surface area contributed by atoms with Crippen molar-refractivity contribution in [3.8, 4) is 0 Å². The molecule has 0 aliphatic carbocycles. The molecule has 0 amide bonds. The highest BCUT2D eigenvalue weighted by atomic mass is 16.5. The summed E-state index contributed by atoms with van der Waals surface area (Å²) in [6.07, 6.45) is 4.26. The number of amidine groups is 2. The summed E-state index contributed by atoms with van der Waals surface area (Å²) < 4.78 is 5.31. The van der Waals surface area contributed by atoms with Crippen molar-refractivity contribution in [3.05, 3.63) is 24.1 Å². The van der Waals surface area contributed by atoms with Crippen LogP contribution in [0.4, 0.5) is 0 Å². The Balaban J connectivity index is 0.00000154. The van der Waals surface area contributed by atoms with E-state index in [1.165, 1.54) is 0 Å². The molecule has 0 radical (unpaired) electrons. The number of allylic oxidation sites excluding steroid dienone is 2. The second kappa shape index (κ2) is 9.19. The quantitative estimate of drug-likeness (QED) is 0.310. The van der Waals surface area contributed by atoms with Crippen molar-refractivity contribution in [1.82, 2.24) is 10.2 Å². The van der Waals surface area contributed by atoms with E-state index in [-0.39, 0.29) is 5.84 Å². The molecule has 108 valence electrons. The van der Waals surface area contributed by atoms with Gasteiger partial charge < -0.3 is 15.0 Å². The zero-order chi connectivity index (χ0) is 14.8. The van der Waals surface area contributed by atoms with E-state index in [2.05, 4.69) is 11.9 Å². The molecule has 0 spiro atoms. The topological polar surface area (TPSA) is 72.2 Å². The Bertz CT molecular complexity index is 360. The van der Waals surface area contributed by atoms with Crippen LogP contribution in [0.3, 0.4) is 0 Å². The fourth-order valence-electron chi connectivity index (χ4n) is 1.52. The smallest absolute Gasteiger partial charge is 0.182 e. The van der Waals surface area contributed by atoms with Gasteiger partial charge in [0, 0.05) is 13.5 Å². The zero-order valence-corrected chi connectivity index (χ0v) is 12.5. The number of ether oxygens (including phenoxy) is 1. The van der Waals surface area contributed by atoms with Crippen LogP contribution >= 0.6 is 0 Å². The first-order valence-electron chi connectivity index (χ1n) is 6.66. The summed E-state index contributed by atoms with van der Waals surface area (Å²) in [6, 6.07) is 0. The fourth-order valence-corrected chi connectivity index (χ4v) is 1.52. The Hall–Kier alpha value is -1.78. The van der Waals surface area contributed by atoms with Crippen molar-refractivity contribution in [1.29, 1.82) is 10.8 Å². The first kappa shape index (κ1) is 17.2. The zero-order valence-electron chi connectivity index (χ0n) is 12.5. The van der Waals surface area contributed by atoms with Gasteiger partial charge in [0.05, 0.1) is 5.70 Å². The van der Waals surface area contributed by atoms with Gasteiger partial charge in [-0.25, -0.2) is 0 Å². The molecule has 0 bridgehead atoms. The average Bonchev–Trinajstić information content (AvgIpc) is 2.85. The molecule has 0 aromatic rings. The van der Waals surface area contributed by atoms with E-state index in [1.54, 1.807) is 11.9 Å². The average molecular weight is 266 g/mol. The summed E-state index contributed by atoms with van der Waals surface area (Å²) in [4.78, 5) is 1.55. The molecule has 3 N–H and O–H groups in total. The van der Waals surface area contributed by atoms with E-state index in [1.807, 2.05) is 26.8 Å². The second-order valence-corrected chi connectivity index (χ2v) is 3.95. The molecule has 0 unspecified atom stereocenters. The molecule has 0 aromatic carbocycles. The molecular weight excluding hydrogens is 240 g/mol. The van der Waals surface area contributed by atoms with Crippen molar-refractivity contribution in [2.24, 2.45) is 0 Å². The number of nitrogens with one attached hydrogen (secondary N) is 3. The maximum absolute atomic E-state index is 7.98. The third-order valence-electron chi connectivity index (χ3n) is 2.67. The molecule has 0 fully saturated rings. The molecule has 5 nitrogen and oxygen atoms in total. The maximum atomic E-state index is 7.98. The summed E-state index contributed by atoms with van der Waals surface area (Å²) in [5.41, 5.74) is 0.848. The molecule has 0 atom stereocenters. The van der Waals surface area contributed by atoms with Gasteiger partial charge in [-0.05, 0) is 19.8 Å². The molecule has 0 aromatic heterocycles. The molecule has 1 aliphatic heterocycles. The minimum Gasteiger partial charge on any atom is -0.468 e. The number of likely N-dealkylation sites (N-methyl/N-ethyl adjacent to an activating group) is 1. The summed E-state index contributed by atoms with van der Waals surface area (Å²) in [5.74, 6) is 1.18. The normalized spacial score (nSPS) is 12.8. The molecule has 1 heterocycles. The van der Waals surface area contributed by atoms with E-state index in [9.17, 15) is 0 Å². The number of rotatable bonds is 5. The van der Waals surface area contributed by atoms with Gasteiger partial charge in [0.1, 0.15) is 5.84 Å². The second-order valence-electron chi connectivity index (χ2n) is 3.95. The Labute approximate surface area is 116 Å². The van der Waals surface area contributed by atoms with Gasteiger partial charge in [0.25, 0.3) is 0 Å². The largest absolute Gasteiger partial charge is 0.468 e. The predicted molar refractivity (Wildman–Crippen MR) is 80.4 cm³/mol. The highest BCUT2D eigenvalue weighted by molar-refractivity contribution is 6.05. The van der Waals surface area contributed by atoms with E-state index in [0.717, 1.165) is 18.5 Å². The van der Waals surface area contributed by atoms with E-state index in [4.69, 9.17) is 15.6 Å². The number of hydrogen-bond donors (Lipinski definition) is 3. The first-order chi connectivity index (χ1) is 9.07. The van der Waals surface area contributed by atoms with Crippen LogP contribution in [-0.2, 0) is 4.74 Å². The van der Waals surface area contributed by atoms with Crippen molar-refractivity contribution in [3.63, 3.8) is 0 Å². The van der Waals surface area contributed by atoms with Gasteiger partial charge in [-0.3, -0.25) is 10.8 Å². The van der Waals surface area contributed by atoms with Crippen LogP contribution in [-0.4, -0.2) is 30.3 Å². The summed E-state index contributed by atoms with van der Waals surface area (Å²) in [7, 11) is 1.72. The van der Waals surface area contributed by atoms with Crippen LogP contribution in [0.1, 0.15) is 40.0 Å². The van der Waals surface area contributed by atoms with Gasteiger partial charge in [-0.2, -0.15) is 0 Å². The predicted octanol–water partition coefficient (Wildman–Crippen LogP) is 3.06. The van der Waals surface area contributed by atoms with E-state index in [0.29, 0.717) is 24.7 Å². The standard InChI is InChI=1S/C12H20N4O.C2H6/c1-4-5-6-7-10(13)16(3)12(14)11-9(2)15-8-17-11;1-2/h4,13-15H,1,5-8H2,2-3H3;1-2H3. The minimum atomic E-state index is 0.233. The highest BCUT2D eigenvalue weighted by Gasteiger charge is 2.21. The number of nitrogens with zero attached hydrogens (tertiary/aromatic N) is 1. The maximum Gasteiger partial charge on any atom is 0.182 e. The van der Waals surface area contributed by atoms with Crippen LogP contribution in [0.2, 0.25) is 0 Å². The number of unbranched alkanes of at least 4 members (excludes halogenated alkanes) is 1. The van der Waals surface area contributed by atoms with Crippen LogP contribution < -0.4 is 5.32 Å². The van der Waals surface area contributed by atoms with Crippen molar-refractivity contribution in [2.45, 2.75) is 40.0 Å². The lowest BCUT2D eigenvalue weighted by molar-refractivity contribution is 0.246. The van der Waals surface area contributed by atoms with Crippen molar-refractivity contribution in [2.75, 3.05) is 13.8 Å². The molecule has 0 saturated carbocycles. The Kier molecular flexibility index (Phi) is 8.33. The Morgan fingerprint density at radius 1 is 1.47 bits per heavy atom. The summed E-state index contributed by atoms with van der Waals surface area (Å²) >= 11 is 0. The summed E-state index contributed by atoms with van der Waals surface area (Å²) in [5, 5.41) is 18.9. The monoisotopic (exact) mass is 266 g/mol. The lowest BCUT2D eigenvalue weighted by Crippen LogP contribution is -2.33. The lowest BCUT2D eigenvalue weighted by atomic mass is 10.2. The highest BCUT2D eigenvalue weighted by Crippen LogP contribution is 2.13. The summed E-state index contributed by atoms with van der Waals surface area (Å²) in [6.45, 7) is 9.92. The van der Waals surface area contributed by atoms with E-state index < -0.39 is 0 Å². The third-order valence-corrected chi connectivity index (χ3v) is 2.67. The molecule has 0 saturated heterocycles. The molecule has 19 heavy (non-hydrogen) atoms. The molecular formula is C14H26N4O. The molecule has 1 aliphatic rings.